The van der Waals surface area contributed by atoms with E-state index >= 15 is 0 Å². The molecule has 2 aliphatic rings. The average molecular weight is 342 g/mol. The molecule has 4 rings (SSSR count). The highest BCUT2D eigenvalue weighted by Crippen LogP contribution is 2.38. The van der Waals surface area contributed by atoms with Crippen molar-refractivity contribution in [2.45, 2.75) is 50.0 Å². The molecule has 4 atom stereocenters. The first-order valence-electron chi connectivity index (χ1n) is 8.88. The van der Waals surface area contributed by atoms with Crippen molar-refractivity contribution in [1.82, 2.24) is 4.90 Å². The SMILES string of the molecule is CN1[C@@H]2CC[C@H]1CC(OC(c1ccccc1)c1ccc(Cl)cc1)C2. The second kappa shape index (κ2) is 6.87. The minimum atomic E-state index is -0.0173. The predicted molar refractivity (Wildman–Crippen MR) is 98.4 cm³/mol. The molecule has 0 aliphatic carbocycles. The van der Waals surface area contributed by atoms with Gasteiger partial charge in [0.05, 0.1) is 6.10 Å². The third-order valence-electron chi connectivity index (χ3n) is 5.66. The van der Waals surface area contributed by atoms with E-state index in [0.29, 0.717) is 18.2 Å². The molecule has 2 aromatic rings. The van der Waals surface area contributed by atoms with E-state index in [1.807, 2.05) is 12.1 Å². The fourth-order valence-electron chi connectivity index (χ4n) is 4.28. The normalized spacial score (nSPS) is 28.0. The molecule has 2 nitrogen and oxygen atoms in total. The Morgan fingerprint density at radius 3 is 2.12 bits per heavy atom. The van der Waals surface area contributed by atoms with Gasteiger partial charge in [-0.1, -0.05) is 54.1 Å². The van der Waals surface area contributed by atoms with Gasteiger partial charge in [-0.15, -0.1) is 0 Å². The third-order valence-corrected chi connectivity index (χ3v) is 5.91. The molecule has 2 unspecified atom stereocenters. The van der Waals surface area contributed by atoms with Crippen molar-refractivity contribution in [3.63, 3.8) is 0 Å². The summed E-state index contributed by atoms with van der Waals surface area (Å²) < 4.78 is 6.66. The molecule has 0 saturated carbocycles. The molecule has 0 amide bonds. The molecule has 24 heavy (non-hydrogen) atoms. The van der Waals surface area contributed by atoms with Crippen LogP contribution >= 0.6 is 11.6 Å². The second-order valence-corrected chi connectivity index (χ2v) is 7.56. The highest BCUT2D eigenvalue weighted by atomic mass is 35.5. The van der Waals surface area contributed by atoms with Crippen LogP contribution in [-0.4, -0.2) is 30.1 Å². The van der Waals surface area contributed by atoms with Crippen LogP contribution in [0, 0.1) is 0 Å². The number of fused-ring (bicyclic) bond motifs is 2. The van der Waals surface area contributed by atoms with Crippen LogP contribution in [0.2, 0.25) is 5.02 Å². The first-order valence-corrected chi connectivity index (χ1v) is 9.26. The van der Waals surface area contributed by atoms with E-state index in [1.165, 1.54) is 24.0 Å². The Morgan fingerprint density at radius 2 is 1.50 bits per heavy atom. The molecule has 0 N–H and O–H groups in total. The summed E-state index contributed by atoms with van der Waals surface area (Å²) >= 11 is 6.07. The summed E-state index contributed by atoms with van der Waals surface area (Å²) in [6.45, 7) is 0. The first-order chi connectivity index (χ1) is 11.7. The molecular weight excluding hydrogens is 318 g/mol. The van der Waals surface area contributed by atoms with Crippen LogP contribution in [0.3, 0.4) is 0 Å². The number of ether oxygens (including phenoxy) is 1. The number of halogens is 1. The number of rotatable bonds is 4. The van der Waals surface area contributed by atoms with Crippen molar-refractivity contribution in [2.75, 3.05) is 7.05 Å². The number of piperidine rings is 1. The quantitative estimate of drug-likeness (QED) is 0.769. The molecular formula is C21H24ClNO. The molecule has 126 valence electrons. The summed E-state index contributed by atoms with van der Waals surface area (Å²) in [6, 6.07) is 20.0. The van der Waals surface area contributed by atoms with E-state index < -0.39 is 0 Å². The van der Waals surface area contributed by atoms with Gasteiger partial charge in [0.1, 0.15) is 6.10 Å². The molecule has 3 heteroatoms. The van der Waals surface area contributed by atoms with Crippen LogP contribution in [0.15, 0.2) is 54.6 Å². The Morgan fingerprint density at radius 1 is 0.917 bits per heavy atom. The van der Waals surface area contributed by atoms with E-state index in [0.717, 1.165) is 17.9 Å². The van der Waals surface area contributed by atoms with Gasteiger partial charge >= 0.3 is 0 Å². The van der Waals surface area contributed by atoms with Gasteiger partial charge in [0.2, 0.25) is 0 Å². The van der Waals surface area contributed by atoms with E-state index in [9.17, 15) is 0 Å². The Balaban J connectivity index is 1.58. The number of hydrogen-bond donors (Lipinski definition) is 0. The van der Waals surface area contributed by atoms with Gasteiger partial charge in [0.15, 0.2) is 0 Å². The largest absolute Gasteiger partial charge is 0.365 e. The lowest BCUT2D eigenvalue weighted by Crippen LogP contribution is -2.43. The zero-order chi connectivity index (χ0) is 16.5. The lowest BCUT2D eigenvalue weighted by molar-refractivity contribution is -0.0426. The van der Waals surface area contributed by atoms with Crippen molar-refractivity contribution in [3.05, 3.63) is 70.7 Å². The molecule has 2 fully saturated rings. The Bertz CT molecular complexity index is 658. The molecule has 2 aliphatic heterocycles. The highest BCUT2D eigenvalue weighted by Gasteiger charge is 2.39. The van der Waals surface area contributed by atoms with Crippen LogP contribution in [0.4, 0.5) is 0 Å². The van der Waals surface area contributed by atoms with Gasteiger partial charge < -0.3 is 9.64 Å². The maximum atomic E-state index is 6.66. The smallest absolute Gasteiger partial charge is 0.108 e. The van der Waals surface area contributed by atoms with Crippen molar-refractivity contribution in [2.24, 2.45) is 0 Å². The van der Waals surface area contributed by atoms with E-state index in [-0.39, 0.29) is 6.10 Å². The molecule has 0 radical (unpaired) electrons. The van der Waals surface area contributed by atoms with Gasteiger partial charge in [-0.25, -0.2) is 0 Å². The molecule has 0 aromatic heterocycles. The minimum Gasteiger partial charge on any atom is -0.365 e. The standard InChI is InChI=1S/C21H24ClNO/c1-23-18-11-12-19(23)14-20(13-18)24-21(15-5-3-2-4-6-15)16-7-9-17(22)10-8-16/h2-10,18-21H,11-14H2,1H3/t18-,19+,20?,21?. The van der Waals surface area contributed by atoms with E-state index in [1.54, 1.807) is 0 Å². The maximum absolute atomic E-state index is 6.66. The number of benzene rings is 2. The summed E-state index contributed by atoms with van der Waals surface area (Å²) in [4.78, 5) is 2.56. The number of hydrogen-bond acceptors (Lipinski definition) is 2. The predicted octanol–water partition coefficient (Wildman–Crippen LogP) is 5.07. The van der Waals surface area contributed by atoms with Crippen LogP contribution in [0.5, 0.6) is 0 Å². The highest BCUT2D eigenvalue weighted by molar-refractivity contribution is 6.30. The summed E-state index contributed by atoms with van der Waals surface area (Å²) in [5.41, 5.74) is 2.39. The topological polar surface area (TPSA) is 12.5 Å². The van der Waals surface area contributed by atoms with Gasteiger partial charge in [0, 0.05) is 17.1 Å². The minimum absolute atomic E-state index is 0.0173. The summed E-state index contributed by atoms with van der Waals surface area (Å²) in [5, 5.41) is 0.767. The lowest BCUT2D eigenvalue weighted by atomic mass is 9.97. The van der Waals surface area contributed by atoms with E-state index in [2.05, 4.69) is 54.4 Å². The van der Waals surface area contributed by atoms with Crippen LogP contribution < -0.4 is 0 Å². The van der Waals surface area contributed by atoms with Crippen molar-refractivity contribution >= 4 is 11.6 Å². The van der Waals surface area contributed by atoms with Crippen LogP contribution in [0.25, 0.3) is 0 Å². The third kappa shape index (κ3) is 3.23. The monoisotopic (exact) mass is 341 g/mol. The molecule has 2 bridgehead atoms. The Hall–Kier alpha value is -1.35. The number of nitrogens with zero attached hydrogens (tertiary/aromatic N) is 1. The summed E-state index contributed by atoms with van der Waals surface area (Å²) in [7, 11) is 2.27. The zero-order valence-electron chi connectivity index (χ0n) is 14.1. The zero-order valence-corrected chi connectivity index (χ0v) is 14.8. The van der Waals surface area contributed by atoms with Crippen molar-refractivity contribution in [1.29, 1.82) is 0 Å². The van der Waals surface area contributed by atoms with Gasteiger partial charge in [0.25, 0.3) is 0 Å². The first kappa shape index (κ1) is 16.1. The lowest BCUT2D eigenvalue weighted by Gasteiger charge is -2.38. The Kier molecular flexibility index (Phi) is 4.62. The average Bonchev–Trinajstić information content (AvgIpc) is 2.83. The molecule has 2 heterocycles. The fourth-order valence-corrected chi connectivity index (χ4v) is 4.41. The molecule has 0 spiro atoms. The van der Waals surface area contributed by atoms with Crippen molar-refractivity contribution in [3.8, 4) is 0 Å². The van der Waals surface area contributed by atoms with Gasteiger partial charge in [-0.05, 0) is 56.0 Å². The second-order valence-electron chi connectivity index (χ2n) is 7.12. The van der Waals surface area contributed by atoms with Crippen molar-refractivity contribution < 1.29 is 4.74 Å². The van der Waals surface area contributed by atoms with Gasteiger partial charge in [-0.2, -0.15) is 0 Å². The fraction of sp³-hybridized carbons (Fsp3) is 0.429. The molecule has 2 saturated heterocycles. The summed E-state index contributed by atoms with van der Waals surface area (Å²) in [5.74, 6) is 0. The molecule has 2 aromatic carbocycles. The van der Waals surface area contributed by atoms with Crippen LogP contribution in [0.1, 0.15) is 42.9 Å². The summed E-state index contributed by atoms with van der Waals surface area (Å²) in [6.07, 6.45) is 5.24. The maximum Gasteiger partial charge on any atom is 0.108 e. The Labute approximate surface area is 149 Å². The van der Waals surface area contributed by atoms with E-state index in [4.69, 9.17) is 16.3 Å². The van der Waals surface area contributed by atoms with Gasteiger partial charge in [-0.3, -0.25) is 0 Å². The van der Waals surface area contributed by atoms with Crippen LogP contribution in [-0.2, 0) is 4.74 Å².